The lowest BCUT2D eigenvalue weighted by atomic mass is 10.0. The van der Waals surface area contributed by atoms with Gasteiger partial charge in [0.25, 0.3) is 0 Å². The highest BCUT2D eigenvalue weighted by atomic mass is 16.6. The van der Waals surface area contributed by atoms with Gasteiger partial charge in [-0.2, -0.15) is 0 Å². The van der Waals surface area contributed by atoms with Crippen LogP contribution in [0.1, 0.15) is 41.0 Å². The summed E-state index contributed by atoms with van der Waals surface area (Å²) in [6.07, 6.45) is 0.0829. The lowest BCUT2D eigenvalue weighted by Crippen LogP contribution is -2.35. The van der Waals surface area contributed by atoms with Crippen LogP contribution in [-0.4, -0.2) is 36.7 Å². The van der Waals surface area contributed by atoms with Gasteiger partial charge in [-0.1, -0.05) is 0 Å². The van der Waals surface area contributed by atoms with Gasteiger partial charge in [0, 0.05) is 0 Å². The number of ether oxygens (including phenoxy) is 3. The van der Waals surface area contributed by atoms with Crippen molar-refractivity contribution in [2.45, 2.75) is 46.6 Å². The van der Waals surface area contributed by atoms with E-state index in [-0.39, 0.29) is 19.6 Å². The molecule has 20 heavy (non-hydrogen) atoms. The van der Waals surface area contributed by atoms with Crippen LogP contribution in [-0.2, 0) is 28.6 Å². The van der Waals surface area contributed by atoms with Gasteiger partial charge in [-0.25, -0.2) is 0 Å². The number of hydrogen-bond donors (Lipinski definition) is 0. The van der Waals surface area contributed by atoms with Gasteiger partial charge < -0.3 is 14.2 Å². The van der Waals surface area contributed by atoms with E-state index in [9.17, 15) is 14.4 Å². The molecule has 0 N–H and O–H groups in total. The fourth-order valence-electron chi connectivity index (χ4n) is 1.97. The molecule has 6 heteroatoms. The SMILES string of the molecule is CCOC(=O)C1(C(=O)OCC)CC1C(=O)OC(C)(C)C. The lowest BCUT2D eigenvalue weighted by Gasteiger charge is -2.20. The first-order chi connectivity index (χ1) is 9.19. The first kappa shape index (κ1) is 16.5. The fourth-order valence-corrected chi connectivity index (χ4v) is 1.97. The highest BCUT2D eigenvalue weighted by molar-refractivity contribution is 6.08. The van der Waals surface area contributed by atoms with Crippen LogP contribution in [0.4, 0.5) is 0 Å². The van der Waals surface area contributed by atoms with E-state index < -0.39 is 34.8 Å². The lowest BCUT2D eigenvalue weighted by molar-refractivity contribution is -0.171. The van der Waals surface area contributed by atoms with Crippen molar-refractivity contribution in [3.63, 3.8) is 0 Å². The third-order valence-electron chi connectivity index (χ3n) is 2.93. The molecule has 0 spiro atoms. The Hall–Kier alpha value is -1.59. The number of carbonyl (C=O) groups is 3. The predicted octanol–water partition coefficient (Wildman–Crippen LogP) is 1.46. The number of hydrogen-bond acceptors (Lipinski definition) is 6. The van der Waals surface area contributed by atoms with Crippen molar-refractivity contribution in [2.75, 3.05) is 13.2 Å². The minimum atomic E-state index is -1.52. The van der Waals surface area contributed by atoms with E-state index >= 15 is 0 Å². The molecule has 0 aliphatic heterocycles. The molecule has 0 aromatic carbocycles. The van der Waals surface area contributed by atoms with Gasteiger partial charge in [0.2, 0.25) is 0 Å². The van der Waals surface area contributed by atoms with Crippen molar-refractivity contribution >= 4 is 17.9 Å². The average molecular weight is 286 g/mol. The average Bonchev–Trinajstić information content (AvgIpc) is 3.04. The molecule has 0 bridgehead atoms. The van der Waals surface area contributed by atoms with Crippen LogP contribution in [0.15, 0.2) is 0 Å². The summed E-state index contributed by atoms with van der Waals surface area (Å²) >= 11 is 0. The molecule has 114 valence electrons. The van der Waals surface area contributed by atoms with E-state index in [0.717, 1.165) is 0 Å². The Balaban J connectivity index is 2.87. The molecule has 1 unspecified atom stereocenters. The van der Waals surface area contributed by atoms with Gasteiger partial charge >= 0.3 is 17.9 Å². The smallest absolute Gasteiger partial charge is 0.324 e. The second-order valence-electron chi connectivity index (χ2n) is 5.70. The second kappa shape index (κ2) is 5.81. The van der Waals surface area contributed by atoms with Crippen LogP contribution in [0.3, 0.4) is 0 Å². The standard InChI is InChI=1S/C14H22O6/c1-6-18-11(16)14(12(17)19-7-2)8-9(14)10(15)20-13(3,4)5/h9H,6-8H2,1-5H3. The zero-order valence-corrected chi connectivity index (χ0v) is 12.6. The quantitative estimate of drug-likeness (QED) is 0.432. The van der Waals surface area contributed by atoms with Gasteiger partial charge in [0.05, 0.1) is 19.1 Å². The third kappa shape index (κ3) is 3.29. The van der Waals surface area contributed by atoms with Crippen molar-refractivity contribution in [3.05, 3.63) is 0 Å². The molecule has 0 saturated heterocycles. The Bertz CT molecular complexity index is 388. The van der Waals surface area contributed by atoms with Gasteiger partial charge in [-0.3, -0.25) is 14.4 Å². The van der Waals surface area contributed by atoms with Crippen LogP contribution in [0.2, 0.25) is 0 Å². The predicted molar refractivity (Wildman–Crippen MR) is 69.7 cm³/mol. The maximum Gasteiger partial charge on any atom is 0.324 e. The summed E-state index contributed by atoms with van der Waals surface area (Å²) in [5.41, 5.74) is -2.19. The maximum absolute atomic E-state index is 12.0. The van der Waals surface area contributed by atoms with Crippen LogP contribution < -0.4 is 0 Å². The fraction of sp³-hybridized carbons (Fsp3) is 0.786. The van der Waals surface area contributed by atoms with E-state index in [1.807, 2.05) is 0 Å². The summed E-state index contributed by atoms with van der Waals surface area (Å²) in [6, 6.07) is 0. The third-order valence-corrected chi connectivity index (χ3v) is 2.93. The molecule has 1 aliphatic rings. The molecule has 1 fully saturated rings. The molecule has 1 saturated carbocycles. The summed E-state index contributed by atoms with van der Waals surface area (Å²) in [7, 11) is 0. The molecule has 0 heterocycles. The van der Waals surface area contributed by atoms with E-state index in [1.165, 1.54) is 0 Å². The van der Waals surface area contributed by atoms with Gasteiger partial charge in [0.1, 0.15) is 5.60 Å². The number of rotatable bonds is 5. The highest BCUT2D eigenvalue weighted by Gasteiger charge is 2.72. The van der Waals surface area contributed by atoms with Crippen LogP contribution in [0, 0.1) is 11.3 Å². The van der Waals surface area contributed by atoms with E-state index in [2.05, 4.69) is 0 Å². The van der Waals surface area contributed by atoms with Crippen molar-refractivity contribution in [2.24, 2.45) is 11.3 Å². The zero-order chi connectivity index (χ0) is 15.6. The Kier molecular flexibility index (Phi) is 4.78. The first-order valence-corrected chi connectivity index (χ1v) is 6.76. The normalized spacial score (nSPS) is 19.9. The summed E-state index contributed by atoms with van der Waals surface area (Å²) in [5, 5.41) is 0. The maximum atomic E-state index is 12.0. The molecule has 0 aromatic heterocycles. The van der Waals surface area contributed by atoms with Gasteiger partial charge in [0.15, 0.2) is 5.41 Å². The van der Waals surface area contributed by atoms with Crippen molar-refractivity contribution in [3.8, 4) is 0 Å². The van der Waals surface area contributed by atoms with E-state index in [4.69, 9.17) is 14.2 Å². The molecular formula is C14H22O6. The van der Waals surface area contributed by atoms with Crippen LogP contribution in [0.5, 0.6) is 0 Å². The molecule has 0 radical (unpaired) electrons. The van der Waals surface area contributed by atoms with Crippen molar-refractivity contribution in [1.29, 1.82) is 0 Å². The minimum Gasteiger partial charge on any atom is -0.465 e. The summed E-state index contributed by atoms with van der Waals surface area (Å²) in [4.78, 5) is 36.0. The van der Waals surface area contributed by atoms with E-state index in [1.54, 1.807) is 34.6 Å². The Labute approximate surface area is 118 Å². The molecule has 6 nitrogen and oxygen atoms in total. The van der Waals surface area contributed by atoms with Gasteiger partial charge in [-0.05, 0) is 41.0 Å². The second-order valence-corrected chi connectivity index (χ2v) is 5.70. The van der Waals surface area contributed by atoms with Crippen molar-refractivity contribution in [1.82, 2.24) is 0 Å². The Morgan fingerprint density at radius 3 is 1.85 bits per heavy atom. The van der Waals surface area contributed by atoms with Crippen LogP contribution in [0.25, 0.3) is 0 Å². The minimum absolute atomic E-state index is 0.0829. The molecule has 0 amide bonds. The number of esters is 3. The number of carbonyl (C=O) groups excluding carboxylic acids is 3. The largest absolute Gasteiger partial charge is 0.465 e. The zero-order valence-electron chi connectivity index (χ0n) is 12.6. The monoisotopic (exact) mass is 286 g/mol. The summed E-state index contributed by atoms with van der Waals surface area (Å²) in [6.45, 7) is 8.74. The molecule has 0 aromatic rings. The molecule has 1 aliphatic carbocycles. The van der Waals surface area contributed by atoms with E-state index in [0.29, 0.717) is 0 Å². The molecule has 1 atom stereocenters. The van der Waals surface area contributed by atoms with Crippen molar-refractivity contribution < 1.29 is 28.6 Å². The Morgan fingerprint density at radius 1 is 1.05 bits per heavy atom. The molecule has 1 rings (SSSR count). The molecular weight excluding hydrogens is 264 g/mol. The van der Waals surface area contributed by atoms with Gasteiger partial charge in [-0.15, -0.1) is 0 Å². The summed E-state index contributed by atoms with van der Waals surface area (Å²) < 4.78 is 15.0. The van der Waals surface area contributed by atoms with Crippen LogP contribution >= 0.6 is 0 Å². The highest BCUT2D eigenvalue weighted by Crippen LogP contribution is 2.55. The summed E-state index contributed by atoms with van der Waals surface area (Å²) in [5.74, 6) is -2.82. The first-order valence-electron chi connectivity index (χ1n) is 6.76. The Morgan fingerprint density at radius 2 is 1.50 bits per heavy atom. The topological polar surface area (TPSA) is 78.9 Å².